The molecule has 0 radical (unpaired) electrons. The maximum Gasteiger partial charge on any atom is 0.303 e. The lowest BCUT2D eigenvalue weighted by atomic mass is 9.91. The summed E-state index contributed by atoms with van der Waals surface area (Å²) in [5.74, 6) is -0.419. The van der Waals surface area contributed by atoms with E-state index in [1.807, 2.05) is 72.8 Å². The van der Waals surface area contributed by atoms with Gasteiger partial charge >= 0.3 is 5.97 Å². The van der Waals surface area contributed by atoms with Gasteiger partial charge in [0.2, 0.25) is 11.1 Å². The minimum absolute atomic E-state index is 0.0312. The Balaban J connectivity index is 1.17. The van der Waals surface area contributed by atoms with Crippen molar-refractivity contribution in [3.05, 3.63) is 119 Å². The van der Waals surface area contributed by atoms with Crippen LogP contribution in [-0.4, -0.2) is 59.3 Å². The number of hydrogen-bond donors (Lipinski definition) is 4. The number of carbonyl (C=O) groups is 2. The largest absolute Gasteiger partial charge is 0.508 e. The first-order valence-electron chi connectivity index (χ1n) is 16.7. The zero-order valence-corrected chi connectivity index (χ0v) is 28.8. The first-order chi connectivity index (χ1) is 24.8. The van der Waals surface area contributed by atoms with Crippen LogP contribution >= 0.6 is 11.8 Å². The van der Waals surface area contributed by atoms with E-state index in [4.69, 9.17) is 14.6 Å². The molecule has 1 aliphatic rings. The first kappa shape index (κ1) is 35.7. The van der Waals surface area contributed by atoms with Gasteiger partial charge in [-0.05, 0) is 75.0 Å². The van der Waals surface area contributed by atoms with Gasteiger partial charge in [0.05, 0.1) is 24.5 Å². The van der Waals surface area contributed by atoms with Crippen molar-refractivity contribution >= 4 is 23.6 Å². The highest BCUT2D eigenvalue weighted by Gasteiger charge is 2.38. The van der Waals surface area contributed by atoms with E-state index in [9.17, 15) is 19.8 Å². The Labute approximate surface area is 299 Å². The topological polar surface area (TPSA) is 169 Å². The van der Waals surface area contributed by atoms with Crippen LogP contribution in [0.1, 0.15) is 60.8 Å². The molecule has 4 aromatic carbocycles. The lowest BCUT2D eigenvalue weighted by Crippen LogP contribution is -2.38. The number of benzene rings is 4. The average Bonchev–Trinajstić information content (AvgIpc) is 3.62. The molecule has 1 aliphatic heterocycles. The smallest absolute Gasteiger partial charge is 0.303 e. The number of nitrogens with zero attached hydrogens (tertiary/aromatic N) is 4. The Morgan fingerprint density at radius 1 is 0.882 bits per heavy atom. The second-order valence-electron chi connectivity index (χ2n) is 12.4. The molecule has 51 heavy (non-hydrogen) atoms. The van der Waals surface area contributed by atoms with E-state index < -0.39 is 12.3 Å². The van der Waals surface area contributed by atoms with Crippen LogP contribution in [0, 0.1) is 5.92 Å². The quantitative estimate of drug-likeness (QED) is 0.100. The number of aliphatic carboxylic acids is 1. The fourth-order valence-corrected chi connectivity index (χ4v) is 6.93. The van der Waals surface area contributed by atoms with Crippen LogP contribution in [0.15, 0.2) is 102 Å². The highest BCUT2D eigenvalue weighted by Crippen LogP contribution is 2.43. The van der Waals surface area contributed by atoms with E-state index in [1.54, 1.807) is 28.9 Å². The van der Waals surface area contributed by atoms with Crippen LogP contribution in [0.2, 0.25) is 0 Å². The zero-order chi connectivity index (χ0) is 35.7. The molecule has 12 nitrogen and oxygen atoms in total. The number of carbonyl (C=O) groups excluding carboxylic acids is 1. The summed E-state index contributed by atoms with van der Waals surface area (Å²) >= 11 is 1.48. The molecule has 6 rings (SSSR count). The van der Waals surface area contributed by atoms with Gasteiger partial charge in [0.25, 0.3) is 0 Å². The Morgan fingerprint density at radius 3 is 2.35 bits per heavy atom. The molecule has 4 unspecified atom stereocenters. The highest BCUT2D eigenvalue weighted by molar-refractivity contribution is 7.99. The van der Waals surface area contributed by atoms with E-state index in [0.717, 1.165) is 39.1 Å². The molecule has 264 valence electrons. The number of ether oxygens (including phenoxy) is 2. The number of aliphatic hydroxyl groups is 1. The summed E-state index contributed by atoms with van der Waals surface area (Å²) in [6.45, 7) is 2.41. The van der Waals surface area contributed by atoms with E-state index in [2.05, 4.69) is 27.8 Å². The molecule has 0 bridgehead atoms. The van der Waals surface area contributed by atoms with Crippen LogP contribution in [0.3, 0.4) is 0 Å². The molecule has 1 fully saturated rings. The summed E-state index contributed by atoms with van der Waals surface area (Å²) in [5.41, 5.74) is 6.30. The summed E-state index contributed by atoms with van der Waals surface area (Å²) in [4.78, 5) is 22.9. The standard InChI is InChI=1S/C38H39N5O7S/c1-24-33(23-51-38-40-41-42-43(38)31-16-18-32(45)19-17-31)49-37(50-36(24)28-10-8-25(22-44)9-11-28)29-14-12-27(13-15-29)30-5-2-4-26(20-30)21-39-34(46)6-3-7-35(47)48/h2,4-5,8-20,24,33,36-37,44-45H,3,6-7,21-23H2,1H3,(H,39,46)(H,47,48). The minimum atomic E-state index is -0.910. The number of tetrazole rings is 1. The molecular formula is C38H39N5O7S. The second-order valence-corrected chi connectivity index (χ2v) is 13.4. The molecule has 4 N–H and O–H groups in total. The summed E-state index contributed by atoms with van der Waals surface area (Å²) in [7, 11) is 0. The van der Waals surface area contributed by atoms with Gasteiger partial charge in [-0.2, -0.15) is 4.68 Å². The van der Waals surface area contributed by atoms with Gasteiger partial charge in [0.15, 0.2) is 6.29 Å². The fourth-order valence-electron chi connectivity index (χ4n) is 5.87. The molecule has 5 aromatic rings. The van der Waals surface area contributed by atoms with E-state index >= 15 is 0 Å². The number of aliphatic hydroxyl groups excluding tert-OH is 1. The number of amides is 1. The maximum absolute atomic E-state index is 12.2. The van der Waals surface area contributed by atoms with E-state index in [-0.39, 0.29) is 49.2 Å². The average molecular weight is 710 g/mol. The number of rotatable bonds is 14. The monoisotopic (exact) mass is 709 g/mol. The minimum Gasteiger partial charge on any atom is -0.508 e. The first-order valence-corrected chi connectivity index (χ1v) is 17.6. The number of thioether (sulfide) groups is 1. The van der Waals surface area contributed by atoms with Crippen LogP contribution in [-0.2, 0) is 32.2 Å². The van der Waals surface area contributed by atoms with Gasteiger partial charge in [0.1, 0.15) is 5.75 Å². The lowest BCUT2D eigenvalue weighted by molar-refractivity contribution is -0.268. The molecule has 1 saturated heterocycles. The number of carboxylic acids is 1. The summed E-state index contributed by atoms with van der Waals surface area (Å²) in [5, 5.41) is 43.8. The number of phenols is 1. The predicted octanol–water partition coefficient (Wildman–Crippen LogP) is 5.98. The Kier molecular flexibility index (Phi) is 11.7. The van der Waals surface area contributed by atoms with Gasteiger partial charge in [0, 0.05) is 36.6 Å². The van der Waals surface area contributed by atoms with Crippen molar-refractivity contribution < 1.29 is 34.4 Å². The normalized spacial score (nSPS) is 18.7. The van der Waals surface area contributed by atoms with Crippen molar-refractivity contribution in [2.24, 2.45) is 5.92 Å². The van der Waals surface area contributed by atoms with Gasteiger partial charge in [-0.15, -0.1) is 5.10 Å². The Hall–Kier alpha value is -5.08. The van der Waals surface area contributed by atoms with Crippen molar-refractivity contribution in [3.8, 4) is 22.6 Å². The van der Waals surface area contributed by atoms with Crippen molar-refractivity contribution in [2.75, 3.05) is 5.75 Å². The van der Waals surface area contributed by atoms with Crippen molar-refractivity contribution in [2.45, 2.75) is 63.0 Å². The number of hydrogen-bond acceptors (Lipinski definition) is 10. The summed E-state index contributed by atoms with van der Waals surface area (Å²) < 4.78 is 14.9. The molecule has 0 saturated carbocycles. The lowest BCUT2D eigenvalue weighted by Gasteiger charge is -2.41. The molecule has 2 heterocycles. The van der Waals surface area contributed by atoms with Crippen LogP contribution in [0.25, 0.3) is 16.8 Å². The van der Waals surface area contributed by atoms with Crippen LogP contribution in [0.4, 0.5) is 0 Å². The Morgan fingerprint density at radius 2 is 1.63 bits per heavy atom. The SMILES string of the molecule is CC1C(CSc2nnnn2-c2ccc(O)cc2)OC(c2ccc(-c3cccc(CNC(=O)CCCC(=O)O)c3)cc2)OC1c1ccc(CO)cc1. The van der Waals surface area contributed by atoms with Gasteiger partial charge in [-0.25, -0.2) is 0 Å². The predicted molar refractivity (Wildman–Crippen MR) is 190 cm³/mol. The number of aromatic nitrogens is 4. The number of carboxylic acid groups (broad SMARTS) is 1. The van der Waals surface area contributed by atoms with Crippen LogP contribution in [0.5, 0.6) is 5.75 Å². The van der Waals surface area contributed by atoms with Gasteiger partial charge < -0.3 is 30.1 Å². The third-order valence-electron chi connectivity index (χ3n) is 8.76. The zero-order valence-electron chi connectivity index (χ0n) is 28.0. The molecular weight excluding hydrogens is 671 g/mol. The van der Waals surface area contributed by atoms with Gasteiger partial charge in [-0.3, -0.25) is 9.59 Å². The van der Waals surface area contributed by atoms with Crippen LogP contribution < -0.4 is 5.32 Å². The molecule has 13 heteroatoms. The number of nitrogens with one attached hydrogen (secondary N) is 1. The van der Waals surface area contributed by atoms with Crippen molar-refractivity contribution in [3.63, 3.8) is 0 Å². The highest BCUT2D eigenvalue weighted by atomic mass is 32.2. The second kappa shape index (κ2) is 16.8. The van der Waals surface area contributed by atoms with Crippen molar-refractivity contribution in [1.82, 2.24) is 25.5 Å². The molecule has 0 aliphatic carbocycles. The van der Waals surface area contributed by atoms with E-state index in [0.29, 0.717) is 23.9 Å². The number of phenolic OH excluding ortho intramolecular Hbond substituents is 1. The van der Waals surface area contributed by atoms with Gasteiger partial charge in [-0.1, -0.05) is 85.4 Å². The van der Waals surface area contributed by atoms with E-state index in [1.165, 1.54) is 11.8 Å². The maximum atomic E-state index is 12.2. The molecule has 0 spiro atoms. The third kappa shape index (κ3) is 9.18. The fraction of sp³-hybridized carbons (Fsp3) is 0.289. The molecule has 1 aromatic heterocycles. The molecule has 4 atom stereocenters. The number of aromatic hydroxyl groups is 1. The van der Waals surface area contributed by atoms with Crippen molar-refractivity contribution in [1.29, 1.82) is 0 Å². The third-order valence-corrected chi connectivity index (χ3v) is 9.77. The molecule has 1 amide bonds. The Bertz CT molecular complexity index is 1920. The summed E-state index contributed by atoms with van der Waals surface area (Å²) in [6.07, 6.45) is -0.735. The summed E-state index contributed by atoms with van der Waals surface area (Å²) in [6, 6.07) is 30.4.